The molecule has 1 N–H and O–H groups in total. The lowest BCUT2D eigenvalue weighted by Crippen LogP contribution is -2.40. The predicted octanol–water partition coefficient (Wildman–Crippen LogP) is 1.39. The van der Waals surface area contributed by atoms with Crippen molar-refractivity contribution < 1.29 is 13.2 Å². The second-order valence-electron chi connectivity index (χ2n) is 6.59. The minimum Gasteiger partial charge on any atom is -0.325 e. The standard InChI is InChI=1S/C15H28N2O3S/c1-4-6-13-16-14(11(3)5-2)15(18)17(13)9-12-7-8-21(19,20)10-12/h11-14,16H,4-10H2,1-3H3. The number of sulfone groups is 1. The topological polar surface area (TPSA) is 66.5 Å². The summed E-state index contributed by atoms with van der Waals surface area (Å²) in [5.41, 5.74) is 0. The van der Waals surface area contributed by atoms with Crippen LogP contribution >= 0.6 is 0 Å². The maximum Gasteiger partial charge on any atom is 0.241 e. The molecule has 0 spiro atoms. The van der Waals surface area contributed by atoms with Crippen LogP contribution in [0.1, 0.15) is 46.5 Å². The van der Waals surface area contributed by atoms with Gasteiger partial charge in [0.25, 0.3) is 0 Å². The molecule has 0 radical (unpaired) electrons. The Morgan fingerprint density at radius 3 is 2.62 bits per heavy atom. The number of carbonyl (C=O) groups excluding carboxylic acids is 1. The Kier molecular flexibility index (Phi) is 5.30. The normalized spacial score (nSPS) is 33.6. The van der Waals surface area contributed by atoms with Crippen molar-refractivity contribution in [3.8, 4) is 0 Å². The van der Waals surface area contributed by atoms with E-state index in [-0.39, 0.29) is 35.5 Å². The average Bonchev–Trinajstić information content (AvgIpc) is 2.92. The van der Waals surface area contributed by atoms with Crippen molar-refractivity contribution in [3.05, 3.63) is 0 Å². The Morgan fingerprint density at radius 2 is 2.10 bits per heavy atom. The molecule has 1 amide bonds. The molecule has 2 aliphatic rings. The number of rotatable bonds is 6. The molecule has 2 saturated heterocycles. The highest BCUT2D eigenvalue weighted by Gasteiger charge is 2.42. The van der Waals surface area contributed by atoms with Gasteiger partial charge in [-0.15, -0.1) is 0 Å². The Bertz CT molecular complexity index is 477. The van der Waals surface area contributed by atoms with Gasteiger partial charge >= 0.3 is 0 Å². The minimum atomic E-state index is -2.88. The summed E-state index contributed by atoms with van der Waals surface area (Å²) in [6, 6.07) is -0.107. The van der Waals surface area contributed by atoms with Gasteiger partial charge < -0.3 is 4.90 Å². The predicted molar refractivity (Wildman–Crippen MR) is 83.5 cm³/mol. The van der Waals surface area contributed by atoms with E-state index in [4.69, 9.17) is 0 Å². The van der Waals surface area contributed by atoms with Gasteiger partial charge in [-0.05, 0) is 24.7 Å². The van der Waals surface area contributed by atoms with E-state index in [1.807, 2.05) is 4.90 Å². The van der Waals surface area contributed by atoms with Crippen LogP contribution in [-0.2, 0) is 14.6 Å². The highest BCUT2D eigenvalue weighted by Crippen LogP contribution is 2.26. The number of nitrogens with zero attached hydrogens (tertiary/aromatic N) is 1. The van der Waals surface area contributed by atoms with Gasteiger partial charge in [0.2, 0.25) is 5.91 Å². The van der Waals surface area contributed by atoms with Crippen LogP contribution in [-0.4, -0.2) is 49.5 Å². The summed E-state index contributed by atoms with van der Waals surface area (Å²) < 4.78 is 23.2. The first kappa shape index (κ1) is 16.7. The van der Waals surface area contributed by atoms with E-state index in [1.54, 1.807) is 0 Å². The Hall–Kier alpha value is -0.620. The SMILES string of the molecule is CCCC1NC(C(C)CC)C(=O)N1CC1CCS(=O)(=O)C1. The van der Waals surface area contributed by atoms with E-state index >= 15 is 0 Å². The van der Waals surface area contributed by atoms with Gasteiger partial charge in [0.15, 0.2) is 9.84 Å². The Labute approximate surface area is 128 Å². The molecule has 6 heteroatoms. The van der Waals surface area contributed by atoms with Gasteiger partial charge in [-0.25, -0.2) is 8.42 Å². The van der Waals surface area contributed by atoms with Gasteiger partial charge in [0, 0.05) is 6.54 Å². The van der Waals surface area contributed by atoms with Gasteiger partial charge in [0.1, 0.15) is 0 Å². The van der Waals surface area contributed by atoms with Crippen molar-refractivity contribution in [1.82, 2.24) is 10.2 Å². The van der Waals surface area contributed by atoms with E-state index in [1.165, 1.54) is 0 Å². The maximum absolute atomic E-state index is 12.7. The number of amides is 1. The highest BCUT2D eigenvalue weighted by atomic mass is 32.2. The largest absolute Gasteiger partial charge is 0.325 e. The smallest absolute Gasteiger partial charge is 0.241 e. The molecule has 2 fully saturated rings. The van der Waals surface area contributed by atoms with Crippen molar-refractivity contribution in [3.63, 3.8) is 0 Å². The molecule has 0 aromatic carbocycles. The van der Waals surface area contributed by atoms with Crippen LogP contribution < -0.4 is 5.32 Å². The first-order valence-electron chi connectivity index (χ1n) is 8.15. The number of hydrogen-bond acceptors (Lipinski definition) is 4. The summed E-state index contributed by atoms with van der Waals surface area (Å²) in [7, 11) is -2.88. The third-order valence-corrected chi connectivity index (χ3v) is 6.69. The van der Waals surface area contributed by atoms with E-state index in [0.29, 0.717) is 18.9 Å². The fourth-order valence-corrected chi connectivity index (χ4v) is 5.22. The lowest BCUT2D eigenvalue weighted by atomic mass is 9.99. The fourth-order valence-electron chi connectivity index (χ4n) is 3.37. The Morgan fingerprint density at radius 1 is 1.38 bits per heavy atom. The van der Waals surface area contributed by atoms with E-state index in [9.17, 15) is 13.2 Å². The molecular weight excluding hydrogens is 288 g/mol. The molecule has 0 saturated carbocycles. The molecule has 21 heavy (non-hydrogen) atoms. The number of hydrogen-bond donors (Lipinski definition) is 1. The summed E-state index contributed by atoms with van der Waals surface area (Å²) in [5.74, 6) is 1.10. The van der Waals surface area contributed by atoms with E-state index < -0.39 is 9.84 Å². The van der Waals surface area contributed by atoms with Gasteiger partial charge in [-0.3, -0.25) is 10.1 Å². The van der Waals surface area contributed by atoms with Gasteiger partial charge in [-0.1, -0.05) is 33.6 Å². The van der Waals surface area contributed by atoms with Crippen LogP contribution in [0.25, 0.3) is 0 Å². The second kappa shape index (κ2) is 6.65. The maximum atomic E-state index is 12.7. The molecule has 122 valence electrons. The summed E-state index contributed by atoms with van der Waals surface area (Å²) in [5, 5.41) is 3.46. The third-order valence-electron chi connectivity index (χ3n) is 4.85. The van der Waals surface area contributed by atoms with Crippen molar-refractivity contribution >= 4 is 15.7 Å². The molecular formula is C15H28N2O3S. The molecule has 4 unspecified atom stereocenters. The molecule has 2 aliphatic heterocycles. The van der Waals surface area contributed by atoms with Gasteiger partial charge in [0.05, 0.1) is 23.7 Å². The van der Waals surface area contributed by atoms with Gasteiger partial charge in [-0.2, -0.15) is 0 Å². The summed E-state index contributed by atoms with van der Waals surface area (Å²) in [6.07, 6.45) is 3.67. The van der Waals surface area contributed by atoms with E-state index in [0.717, 1.165) is 19.3 Å². The van der Waals surface area contributed by atoms with Crippen molar-refractivity contribution in [1.29, 1.82) is 0 Å². The molecule has 4 atom stereocenters. The van der Waals surface area contributed by atoms with Crippen LogP contribution in [0.2, 0.25) is 0 Å². The quantitative estimate of drug-likeness (QED) is 0.804. The van der Waals surface area contributed by atoms with Crippen molar-refractivity contribution in [2.75, 3.05) is 18.1 Å². The molecule has 0 aromatic rings. The number of carbonyl (C=O) groups is 1. The van der Waals surface area contributed by atoms with Crippen LogP contribution in [0.15, 0.2) is 0 Å². The molecule has 2 rings (SSSR count). The summed E-state index contributed by atoms with van der Waals surface area (Å²) in [6.45, 7) is 6.90. The molecule has 0 bridgehead atoms. The second-order valence-corrected chi connectivity index (χ2v) is 8.82. The summed E-state index contributed by atoms with van der Waals surface area (Å²) in [4.78, 5) is 14.6. The minimum absolute atomic E-state index is 0.0739. The third kappa shape index (κ3) is 3.77. The zero-order valence-electron chi connectivity index (χ0n) is 13.3. The summed E-state index contributed by atoms with van der Waals surface area (Å²) >= 11 is 0. The van der Waals surface area contributed by atoms with Crippen LogP contribution in [0.3, 0.4) is 0 Å². The fraction of sp³-hybridized carbons (Fsp3) is 0.933. The van der Waals surface area contributed by atoms with Crippen molar-refractivity contribution in [2.45, 2.75) is 58.7 Å². The highest BCUT2D eigenvalue weighted by molar-refractivity contribution is 7.91. The first-order valence-corrected chi connectivity index (χ1v) is 9.97. The molecule has 5 nitrogen and oxygen atoms in total. The zero-order chi connectivity index (χ0) is 15.6. The lowest BCUT2D eigenvalue weighted by Gasteiger charge is -2.26. The lowest BCUT2D eigenvalue weighted by molar-refractivity contribution is -0.131. The van der Waals surface area contributed by atoms with Crippen LogP contribution in [0.5, 0.6) is 0 Å². The molecule has 2 heterocycles. The first-order chi connectivity index (χ1) is 9.88. The van der Waals surface area contributed by atoms with E-state index in [2.05, 4.69) is 26.1 Å². The molecule has 0 aliphatic carbocycles. The molecule has 0 aromatic heterocycles. The van der Waals surface area contributed by atoms with Crippen LogP contribution in [0, 0.1) is 11.8 Å². The Balaban J connectivity index is 2.06. The average molecular weight is 316 g/mol. The number of nitrogens with one attached hydrogen (secondary N) is 1. The zero-order valence-corrected chi connectivity index (χ0v) is 14.2. The van der Waals surface area contributed by atoms with Crippen molar-refractivity contribution in [2.24, 2.45) is 11.8 Å². The monoisotopic (exact) mass is 316 g/mol. The van der Waals surface area contributed by atoms with Crippen LogP contribution in [0.4, 0.5) is 0 Å².